The number of oxime groups is 1. The van der Waals surface area contributed by atoms with Gasteiger partial charge in [0.1, 0.15) is 0 Å². The second-order valence-corrected chi connectivity index (χ2v) is 3.04. The maximum Gasteiger partial charge on any atom is 0.156 e. The van der Waals surface area contributed by atoms with Gasteiger partial charge in [0.25, 0.3) is 0 Å². The predicted octanol–water partition coefficient (Wildman–Crippen LogP) is 0.263. The van der Waals surface area contributed by atoms with Crippen molar-refractivity contribution < 1.29 is 5.21 Å². The van der Waals surface area contributed by atoms with Gasteiger partial charge in [0, 0.05) is 6.04 Å². The summed E-state index contributed by atoms with van der Waals surface area (Å²) in [5, 5.41) is 14.5. The largest absolute Gasteiger partial charge is 0.409 e. The van der Waals surface area contributed by atoms with Gasteiger partial charge in [0.05, 0.1) is 6.04 Å². The van der Waals surface area contributed by atoms with Crippen LogP contribution in [0.1, 0.15) is 26.2 Å². The number of hydrogen-bond donors (Lipinski definition) is 3. The fourth-order valence-electron chi connectivity index (χ4n) is 1.10. The molecule has 0 heterocycles. The highest BCUT2D eigenvalue weighted by molar-refractivity contribution is 5.84. The molecule has 0 amide bonds. The van der Waals surface area contributed by atoms with Gasteiger partial charge in [-0.2, -0.15) is 0 Å². The molecule has 1 unspecified atom stereocenters. The standard InChI is InChI=1S/C7H15N3O/c1-5(7(8)10-11)9-6-3-2-4-6/h5-6,9,11H,2-4H2,1H3,(H2,8,10). The molecule has 1 rings (SSSR count). The van der Waals surface area contributed by atoms with Crippen LogP contribution >= 0.6 is 0 Å². The van der Waals surface area contributed by atoms with Gasteiger partial charge in [-0.25, -0.2) is 0 Å². The predicted molar refractivity (Wildman–Crippen MR) is 43.6 cm³/mol. The molecule has 4 N–H and O–H groups in total. The molecule has 0 aromatic rings. The first-order chi connectivity index (χ1) is 5.24. The van der Waals surface area contributed by atoms with Crippen molar-refractivity contribution in [2.75, 3.05) is 0 Å². The molecule has 1 fully saturated rings. The molecule has 1 aliphatic carbocycles. The Bertz CT molecular complexity index is 154. The van der Waals surface area contributed by atoms with Crippen LogP contribution in [0.25, 0.3) is 0 Å². The number of hydrogen-bond acceptors (Lipinski definition) is 3. The summed E-state index contributed by atoms with van der Waals surface area (Å²) in [6.45, 7) is 1.90. The highest BCUT2D eigenvalue weighted by Crippen LogP contribution is 2.18. The lowest BCUT2D eigenvalue weighted by atomic mass is 9.92. The lowest BCUT2D eigenvalue weighted by Gasteiger charge is -2.29. The number of nitrogens with one attached hydrogen (secondary N) is 1. The van der Waals surface area contributed by atoms with E-state index < -0.39 is 0 Å². The summed E-state index contributed by atoms with van der Waals surface area (Å²) in [5.41, 5.74) is 5.38. The molecule has 0 saturated heterocycles. The first kappa shape index (κ1) is 8.33. The summed E-state index contributed by atoms with van der Waals surface area (Å²) < 4.78 is 0. The van der Waals surface area contributed by atoms with E-state index in [2.05, 4.69) is 10.5 Å². The third kappa shape index (κ3) is 2.08. The van der Waals surface area contributed by atoms with Crippen LogP contribution in [0, 0.1) is 0 Å². The number of amidine groups is 1. The van der Waals surface area contributed by atoms with E-state index in [-0.39, 0.29) is 11.9 Å². The Morgan fingerprint density at radius 3 is 2.73 bits per heavy atom. The Balaban J connectivity index is 2.24. The molecule has 0 aromatic heterocycles. The van der Waals surface area contributed by atoms with Crippen LogP contribution in [0.5, 0.6) is 0 Å². The molecular weight excluding hydrogens is 142 g/mol. The van der Waals surface area contributed by atoms with Gasteiger partial charge in [-0.3, -0.25) is 0 Å². The van der Waals surface area contributed by atoms with Crippen LogP contribution in [-0.2, 0) is 0 Å². The van der Waals surface area contributed by atoms with E-state index in [4.69, 9.17) is 10.9 Å². The molecule has 0 radical (unpaired) electrons. The van der Waals surface area contributed by atoms with Crippen molar-refractivity contribution in [3.63, 3.8) is 0 Å². The SMILES string of the molecule is CC(NC1CCC1)C(N)=NO. The van der Waals surface area contributed by atoms with Crippen molar-refractivity contribution in [1.29, 1.82) is 0 Å². The van der Waals surface area contributed by atoms with Crippen LogP contribution in [-0.4, -0.2) is 23.1 Å². The molecule has 64 valence electrons. The van der Waals surface area contributed by atoms with Gasteiger partial charge >= 0.3 is 0 Å². The summed E-state index contributed by atoms with van der Waals surface area (Å²) in [6.07, 6.45) is 3.71. The van der Waals surface area contributed by atoms with Crippen LogP contribution in [0.15, 0.2) is 5.16 Å². The van der Waals surface area contributed by atoms with Crippen LogP contribution in [0.4, 0.5) is 0 Å². The van der Waals surface area contributed by atoms with E-state index in [1.807, 2.05) is 6.92 Å². The molecule has 11 heavy (non-hydrogen) atoms. The Morgan fingerprint density at radius 1 is 1.73 bits per heavy atom. The number of nitrogens with two attached hydrogens (primary N) is 1. The van der Waals surface area contributed by atoms with Crippen molar-refractivity contribution in [3.05, 3.63) is 0 Å². The lowest BCUT2D eigenvalue weighted by Crippen LogP contribution is -2.47. The van der Waals surface area contributed by atoms with E-state index in [0.29, 0.717) is 6.04 Å². The molecule has 4 heteroatoms. The maximum atomic E-state index is 8.33. The Hall–Kier alpha value is -0.770. The molecule has 0 aromatic carbocycles. The summed E-state index contributed by atoms with van der Waals surface area (Å²) in [7, 11) is 0. The molecule has 1 saturated carbocycles. The van der Waals surface area contributed by atoms with E-state index in [1.54, 1.807) is 0 Å². The van der Waals surface area contributed by atoms with E-state index in [9.17, 15) is 0 Å². The van der Waals surface area contributed by atoms with Gasteiger partial charge in [-0.1, -0.05) is 11.6 Å². The van der Waals surface area contributed by atoms with Crippen molar-refractivity contribution in [3.8, 4) is 0 Å². The van der Waals surface area contributed by atoms with Crippen molar-refractivity contribution in [1.82, 2.24) is 5.32 Å². The zero-order chi connectivity index (χ0) is 8.27. The van der Waals surface area contributed by atoms with E-state index >= 15 is 0 Å². The van der Waals surface area contributed by atoms with E-state index in [0.717, 1.165) is 0 Å². The maximum absolute atomic E-state index is 8.33. The average molecular weight is 157 g/mol. The Morgan fingerprint density at radius 2 is 2.36 bits per heavy atom. The van der Waals surface area contributed by atoms with Gasteiger partial charge in [0.15, 0.2) is 5.84 Å². The molecule has 1 aliphatic rings. The number of nitrogens with zero attached hydrogens (tertiary/aromatic N) is 1. The second kappa shape index (κ2) is 3.57. The highest BCUT2D eigenvalue weighted by Gasteiger charge is 2.20. The average Bonchev–Trinajstić information content (AvgIpc) is 1.94. The topological polar surface area (TPSA) is 70.6 Å². The zero-order valence-corrected chi connectivity index (χ0v) is 6.75. The zero-order valence-electron chi connectivity index (χ0n) is 6.75. The van der Waals surface area contributed by atoms with Gasteiger partial charge in [0.2, 0.25) is 0 Å². The first-order valence-electron chi connectivity index (χ1n) is 3.97. The lowest BCUT2D eigenvalue weighted by molar-refractivity contribution is 0.305. The van der Waals surface area contributed by atoms with Gasteiger partial charge in [-0.05, 0) is 19.8 Å². The third-order valence-electron chi connectivity index (χ3n) is 2.15. The molecule has 0 spiro atoms. The molecular formula is C7H15N3O. The van der Waals surface area contributed by atoms with Crippen molar-refractivity contribution >= 4 is 5.84 Å². The second-order valence-electron chi connectivity index (χ2n) is 3.04. The summed E-state index contributed by atoms with van der Waals surface area (Å²) in [6, 6.07) is 0.565. The monoisotopic (exact) mass is 157 g/mol. The normalized spacial score (nSPS) is 22.8. The Kier molecular flexibility index (Phi) is 2.70. The quantitative estimate of drug-likeness (QED) is 0.238. The van der Waals surface area contributed by atoms with E-state index in [1.165, 1.54) is 19.3 Å². The molecule has 1 atom stereocenters. The smallest absolute Gasteiger partial charge is 0.156 e. The molecule has 0 bridgehead atoms. The summed E-state index contributed by atoms with van der Waals surface area (Å²) >= 11 is 0. The van der Waals surface area contributed by atoms with Gasteiger partial charge < -0.3 is 16.3 Å². The van der Waals surface area contributed by atoms with Crippen LogP contribution in [0.2, 0.25) is 0 Å². The van der Waals surface area contributed by atoms with Crippen molar-refractivity contribution in [2.24, 2.45) is 10.9 Å². The molecule has 0 aliphatic heterocycles. The minimum atomic E-state index is -0.00898. The fourth-order valence-corrected chi connectivity index (χ4v) is 1.10. The highest BCUT2D eigenvalue weighted by atomic mass is 16.4. The Labute approximate surface area is 66.5 Å². The first-order valence-corrected chi connectivity index (χ1v) is 3.97. The third-order valence-corrected chi connectivity index (χ3v) is 2.15. The molecule has 4 nitrogen and oxygen atoms in total. The minimum absolute atomic E-state index is 0.00898. The number of rotatable bonds is 3. The minimum Gasteiger partial charge on any atom is -0.409 e. The summed E-state index contributed by atoms with van der Waals surface area (Å²) in [5.74, 6) is 0.261. The van der Waals surface area contributed by atoms with Gasteiger partial charge in [-0.15, -0.1) is 0 Å². The van der Waals surface area contributed by atoms with Crippen LogP contribution < -0.4 is 11.1 Å². The fraction of sp³-hybridized carbons (Fsp3) is 0.857. The van der Waals surface area contributed by atoms with Crippen LogP contribution in [0.3, 0.4) is 0 Å². The van der Waals surface area contributed by atoms with Crippen molar-refractivity contribution in [2.45, 2.75) is 38.3 Å². The summed E-state index contributed by atoms with van der Waals surface area (Å²) in [4.78, 5) is 0.